The molecule has 102 valence electrons. The third-order valence-corrected chi connectivity index (χ3v) is 3.55. The molecule has 2 aromatic carbocycles. The Hall–Kier alpha value is -2.56. The summed E-state index contributed by atoms with van der Waals surface area (Å²) in [5, 5.41) is 22.0. The fourth-order valence-corrected chi connectivity index (χ4v) is 2.51. The lowest BCUT2D eigenvalue weighted by Crippen LogP contribution is -2.23. The summed E-state index contributed by atoms with van der Waals surface area (Å²) in [7, 11) is 0. The first-order chi connectivity index (χ1) is 9.69. The van der Waals surface area contributed by atoms with Crippen LogP contribution in [0.5, 0.6) is 17.2 Å². The van der Waals surface area contributed by atoms with Gasteiger partial charge in [-0.1, -0.05) is 17.3 Å². The molecule has 0 bridgehead atoms. The van der Waals surface area contributed by atoms with Gasteiger partial charge in [-0.3, -0.25) is 0 Å². The average molecular weight is 271 g/mol. The number of ether oxygens (including phenoxy) is 1. The Balaban J connectivity index is 2.00. The maximum Gasteiger partial charge on any atom is 0.131 e. The van der Waals surface area contributed by atoms with E-state index in [4.69, 9.17) is 4.74 Å². The normalized spacial score (nSPS) is 20.8. The first-order valence-electron chi connectivity index (χ1n) is 6.26. The van der Waals surface area contributed by atoms with Gasteiger partial charge in [0, 0.05) is 17.5 Å². The molecule has 0 saturated carbocycles. The highest BCUT2D eigenvalue weighted by molar-refractivity contribution is 5.45. The summed E-state index contributed by atoms with van der Waals surface area (Å²) < 4.78 is 5.61. The molecule has 1 aliphatic rings. The van der Waals surface area contributed by atoms with Crippen LogP contribution in [0.1, 0.15) is 23.1 Å². The monoisotopic (exact) mass is 271 g/mol. The predicted molar refractivity (Wildman–Crippen MR) is 73.0 cm³/mol. The largest absolute Gasteiger partial charge is 0.508 e. The van der Waals surface area contributed by atoms with E-state index in [-0.39, 0.29) is 17.4 Å². The highest BCUT2D eigenvalue weighted by Crippen LogP contribution is 2.44. The smallest absolute Gasteiger partial charge is 0.131 e. The topological polar surface area (TPSA) is 79.1 Å². The van der Waals surface area contributed by atoms with E-state index in [0.717, 1.165) is 5.56 Å². The van der Waals surface area contributed by atoms with Crippen molar-refractivity contribution in [1.29, 1.82) is 0 Å². The lowest BCUT2D eigenvalue weighted by atomic mass is 9.86. The Morgan fingerprint density at radius 3 is 2.45 bits per heavy atom. The summed E-state index contributed by atoms with van der Waals surface area (Å²) in [4.78, 5) is 11.2. The molecule has 2 aromatic rings. The third-order valence-electron chi connectivity index (χ3n) is 3.55. The number of aromatic hydroxyl groups is 2. The van der Waals surface area contributed by atoms with E-state index in [1.807, 2.05) is 0 Å². The Kier molecular flexibility index (Phi) is 3.02. The molecule has 5 heteroatoms. The Morgan fingerprint density at radius 1 is 1.05 bits per heavy atom. The van der Waals surface area contributed by atoms with Crippen LogP contribution >= 0.6 is 0 Å². The van der Waals surface area contributed by atoms with Crippen LogP contribution in [0.15, 0.2) is 47.6 Å². The van der Waals surface area contributed by atoms with E-state index in [2.05, 4.69) is 5.18 Å². The van der Waals surface area contributed by atoms with Crippen molar-refractivity contribution in [3.8, 4) is 17.2 Å². The molecule has 2 N–H and O–H groups in total. The van der Waals surface area contributed by atoms with Crippen molar-refractivity contribution in [1.82, 2.24) is 0 Å². The standard InChI is InChI=1S/C15H13NO4/c17-10-3-1-9(2-4-10)13-8-20-14-7-11(18)5-6-12(14)15(13)16-19/h1-7,13,15,17-18H,8H2. The van der Waals surface area contributed by atoms with Crippen LogP contribution in [-0.4, -0.2) is 16.8 Å². The molecule has 0 aromatic heterocycles. The number of hydrogen-bond acceptors (Lipinski definition) is 5. The number of phenols is 2. The van der Waals surface area contributed by atoms with E-state index in [0.29, 0.717) is 17.9 Å². The molecule has 2 unspecified atom stereocenters. The molecule has 0 amide bonds. The maximum atomic E-state index is 11.2. The van der Waals surface area contributed by atoms with Crippen molar-refractivity contribution < 1.29 is 14.9 Å². The molecule has 2 atom stereocenters. The van der Waals surface area contributed by atoms with Crippen molar-refractivity contribution in [3.05, 3.63) is 58.5 Å². The SMILES string of the molecule is O=NC1c2ccc(O)cc2OCC1c1ccc(O)cc1. The summed E-state index contributed by atoms with van der Waals surface area (Å²) in [5.41, 5.74) is 1.55. The van der Waals surface area contributed by atoms with Gasteiger partial charge in [0.2, 0.25) is 0 Å². The van der Waals surface area contributed by atoms with Gasteiger partial charge in [-0.25, -0.2) is 0 Å². The molecule has 1 heterocycles. The summed E-state index contributed by atoms with van der Waals surface area (Å²) >= 11 is 0. The number of rotatable bonds is 2. The molecule has 1 aliphatic heterocycles. The summed E-state index contributed by atoms with van der Waals surface area (Å²) in [5.74, 6) is 0.553. The zero-order valence-corrected chi connectivity index (χ0v) is 10.6. The van der Waals surface area contributed by atoms with Gasteiger partial charge in [0.1, 0.15) is 23.3 Å². The van der Waals surface area contributed by atoms with Gasteiger partial charge >= 0.3 is 0 Å². The van der Waals surface area contributed by atoms with E-state index < -0.39 is 6.04 Å². The van der Waals surface area contributed by atoms with Crippen molar-refractivity contribution >= 4 is 0 Å². The number of nitrogens with zero attached hydrogens (tertiary/aromatic N) is 1. The molecule has 5 nitrogen and oxygen atoms in total. The number of phenolic OH excluding ortho intramolecular Hbond substituents is 2. The summed E-state index contributed by atoms with van der Waals surface area (Å²) in [6.07, 6.45) is 0. The van der Waals surface area contributed by atoms with Crippen molar-refractivity contribution in [2.45, 2.75) is 12.0 Å². The number of hydrogen-bond donors (Lipinski definition) is 2. The molecular formula is C15H13NO4. The second kappa shape index (κ2) is 4.85. The van der Waals surface area contributed by atoms with Crippen LogP contribution in [-0.2, 0) is 0 Å². The van der Waals surface area contributed by atoms with Gasteiger partial charge in [-0.15, -0.1) is 0 Å². The molecule has 0 fully saturated rings. The van der Waals surface area contributed by atoms with Gasteiger partial charge in [-0.05, 0) is 29.8 Å². The second-order valence-corrected chi connectivity index (χ2v) is 4.78. The second-order valence-electron chi connectivity index (χ2n) is 4.78. The van der Waals surface area contributed by atoms with Crippen LogP contribution in [0.2, 0.25) is 0 Å². The van der Waals surface area contributed by atoms with Crippen LogP contribution in [0.4, 0.5) is 0 Å². The van der Waals surface area contributed by atoms with Crippen molar-refractivity contribution in [2.75, 3.05) is 6.61 Å². The zero-order valence-electron chi connectivity index (χ0n) is 10.6. The molecular weight excluding hydrogens is 258 g/mol. The van der Waals surface area contributed by atoms with Crippen molar-refractivity contribution in [3.63, 3.8) is 0 Å². The fourth-order valence-electron chi connectivity index (χ4n) is 2.51. The van der Waals surface area contributed by atoms with E-state index in [9.17, 15) is 15.1 Å². The van der Waals surface area contributed by atoms with Gasteiger partial charge in [0.05, 0.1) is 6.61 Å². The maximum absolute atomic E-state index is 11.2. The van der Waals surface area contributed by atoms with E-state index >= 15 is 0 Å². The average Bonchev–Trinajstić information content (AvgIpc) is 2.46. The van der Waals surface area contributed by atoms with Gasteiger partial charge in [0.25, 0.3) is 0 Å². The van der Waals surface area contributed by atoms with Gasteiger partial charge in [-0.2, -0.15) is 4.91 Å². The minimum atomic E-state index is -0.566. The zero-order chi connectivity index (χ0) is 14.1. The Morgan fingerprint density at radius 2 is 1.75 bits per heavy atom. The first-order valence-corrected chi connectivity index (χ1v) is 6.26. The molecule has 3 rings (SSSR count). The quantitative estimate of drug-likeness (QED) is 0.823. The van der Waals surface area contributed by atoms with Crippen LogP contribution < -0.4 is 4.74 Å². The summed E-state index contributed by atoms with van der Waals surface area (Å²) in [6, 6.07) is 10.8. The molecule has 20 heavy (non-hydrogen) atoms. The lowest BCUT2D eigenvalue weighted by Gasteiger charge is -2.29. The predicted octanol–water partition coefficient (Wildman–Crippen LogP) is 3.08. The highest BCUT2D eigenvalue weighted by atomic mass is 16.5. The molecule has 0 radical (unpaired) electrons. The molecule has 0 spiro atoms. The van der Waals surface area contributed by atoms with Crippen molar-refractivity contribution in [2.24, 2.45) is 5.18 Å². The summed E-state index contributed by atoms with van der Waals surface area (Å²) in [6.45, 7) is 0.303. The molecule has 0 aliphatic carbocycles. The first kappa shape index (κ1) is 12.5. The van der Waals surface area contributed by atoms with E-state index in [1.165, 1.54) is 12.1 Å². The van der Waals surface area contributed by atoms with Gasteiger partial charge in [0.15, 0.2) is 0 Å². The van der Waals surface area contributed by atoms with Crippen LogP contribution in [0.25, 0.3) is 0 Å². The third kappa shape index (κ3) is 2.07. The minimum absolute atomic E-state index is 0.0940. The minimum Gasteiger partial charge on any atom is -0.508 e. The van der Waals surface area contributed by atoms with E-state index in [1.54, 1.807) is 30.3 Å². The number of fused-ring (bicyclic) bond motifs is 1. The lowest BCUT2D eigenvalue weighted by molar-refractivity contribution is 0.238. The number of nitroso groups, excluding NO2 is 1. The van der Waals surface area contributed by atoms with Crippen LogP contribution in [0.3, 0.4) is 0 Å². The Labute approximate surface area is 115 Å². The number of benzene rings is 2. The highest BCUT2D eigenvalue weighted by Gasteiger charge is 2.33. The fraction of sp³-hybridized carbons (Fsp3) is 0.200. The molecule has 0 saturated heterocycles. The Bertz CT molecular complexity index is 639. The van der Waals surface area contributed by atoms with Gasteiger partial charge < -0.3 is 14.9 Å². The van der Waals surface area contributed by atoms with Crippen LogP contribution in [0, 0.1) is 4.91 Å².